The van der Waals surface area contributed by atoms with Crippen molar-refractivity contribution < 1.29 is 9.90 Å². The van der Waals surface area contributed by atoms with Crippen LogP contribution in [0.2, 0.25) is 0 Å². The summed E-state index contributed by atoms with van der Waals surface area (Å²) < 4.78 is 1.48. The van der Waals surface area contributed by atoms with Gasteiger partial charge in [-0.25, -0.2) is 14.8 Å². The van der Waals surface area contributed by atoms with E-state index >= 15 is 0 Å². The molecule has 0 radical (unpaired) electrons. The van der Waals surface area contributed by atoms with Crippen LogP contribution >= 0.6 is 0 Å². The van der Waals surface area contributed by atoms with E-state index in [0.29, 0.717) is 11.3 Å². The molecule has 0 bridgehead atoms. The Kier molecular flexibility index (Phi) is 2.30. The summed E-state index contributed by atoms with van der Waals surface area (Å²) in [7, 11) is 0. The van der Waals surface area contributed by atoms with Crippen LogP contribution < -0.4 is 0 Å². The normalized spacial score (nSPS) is 10.7. The fourth-order valence-electron chi connectivity index (χ4n) is 1.87. The molecule has 2 aromatic heterocycles. The number of aromatic carboxylic acids is 1. The van der Waals surface area contributed by atoms with Crippen LogP contribution in [0.4, 0.5) is 0 Å². The Bertz CT molecular complexity index is 719. The van der Waals surface area contributed by atoms with Gasteiger partial charge in [-0.05, 0) is 6.07 Å². The second-order valence-corrected chi connectivity index (χ2v) is 3.77. The van der Waals surface area contributed by atoms with Crippen LogP contribution in [0.25, 0.3) is 16.9 Å². The molecule has 5 heteroatoms. The molecule has 3 rings (SSSR count). The van der Waals surface area contributed by atoms with Crippen molar-refractivity contribution in [2.45, 2.75) is 0 Å². The summed E-state index contributed by atoms with van der Waals surface area (Å²) >= 11 is 0. The number of carboxylic acids is 1. The van der Waals surface area contributed by atoms with Crippen molar-refractivity contribution in [1.29, 1.82) is 0 Å². The highest BCUT2D eigenvalue weighted by molar-refractivity contribution is 5.88. The van der Waals surface area contributed by atoms with Gasteiger partial charge in [0.1, 0.15) is 5.69 Å². The second kappa shape index (κ2) is 3.96. The number of carbonyl (C=O) groups is 1. The highest BCUT2D eigenvalue weighted by Gasteiger charge is 2.17. The number of aromatic nitrogens is 3. The van der Waals surface area contributed by atoms with Gasteiger partial charge in [0.15, 0.2) is 5.65 Å². The molecule has 0 saturated carbocycles. The number of nitrogens with zero attached hydrogens (tertiary/aromatic N) is 3. The van der Waals surface area contributed by atoms with Crippen LogP contribution in [0.3, 0.4) is 0 Å². The van der Waals surface area contributed by atoms with Gasteiger partial charge in [0.05, 0.1) is 0 Å². The number of hydrogen-bond acceptors (Lipinski definition) is 3. The first-order valence-corrected chi connectivity index (χ1v) is 5.39. The van der Waals surface area contributed by atoms with Gasteiger partial charge in [0.25, 0.3) is 0 Å². The van der Waals surface area contributed by atoms with E-state index in [4.69, 9.17) is 5.11 Å². The Hall–Kier alpha value is -2.69. The van der Waals surface area contributed by atoms with Crippen LogP contribution in [-0.2, 0) is 0 Å². The number of fused-ring (bicyclic) bond motifs is 1. The fourth-order valence-corrected chi connectivity index (χ4v) is 1.87. The summed E-state index contributed by atoms with van der Waals surface area (Å²) in [4.78, 5) is 19.5. The summed E-state index contributed by atoms with van der Waals surface area (Å²) in [6.07, 6.45) is 3.26. The Labute approximate surface area is 102 Å². The standard InChI is InChI=1S/C13H9N3O2/c17-13(18)12-15-10(9-5-2-1-3-6-9)11-14-7-4-8-16(11)12/h1-8H,(H,17,18). The third-order valence-corrected chi connectivity index (χ3v) is 2.64. The minimum atomic E-state index is -1.07. The summed E-state index contributed by atoms with van der Waals surface area (Å²) in [5.74, 6) is -1.10. The summed E-state index contributed by atoms with van der Waals surface area (Å²) in [5, 5.41) is 9.13. The number of rotatable bonds is 2. The average molecular weight is 239 g/mol. The lowest BCUT2D eigenvalue weighted by molar-refractivity contribution is 0.0683. The molecule has 0 aliphatic rings. The minimum absolute atomic E-state index is 0.0306. The van der Waals surface area contributed by atoms with Crippen molar-refractivity contribution in [2.24, 2.45) is 0 Å². The Morgan fingerprint density at radius 2 is 1.94 bits per heavy atom. The molecule has 0 spiro atoms. The molecule has 0 aliphatic heterocycles. The molecule has 0 amide bonds. The summed E-state index contributed by atoms with van der Waals surface area (Å²) in [5.41, 5.74) is 1.97. The van der Waals surface area contributed by atoms with E-state index in [2.05, 4.69) is 9.97 Å². The van der Waals surface area contributed by atoms with Crippen molar-refractivity contribution >= 4 is 11.6 Å². The van der Waals surface area contributed by atoms with Gasteiger partial charge in [-0.1, -0.05) is 30.3 Å². The average Bonchev–Trinajstić information content (AvgIpc) is 2.79. The lowest BCUT2D eigenvalue weighted by atomic mass is 10.2. The largest absolute Gasteiger partial charge is 0.475 e. The van der Waals surface area contributed by atoms with Gasteiger partial charge in [-0.15, -0.1) is 0 Å². The van der Waals surface area contributed by atoms with Crippen molar-refractivity contribution in [1.82, 2.24) is 14.4 Å². The first-order valence-electron chi connectivity index (χ1n) is 5.39. The Morgan fingerprint density at radius 1 is 1.17 bits per heavy atom. The van der Waals surface area contributed by atoms with E-state index in [1.165, 1.54) is 4.40 Å². The molecule has 1 N–H and O–H groups in total. The topological polar surface area (TPSA) is 67.5 Å². The van der Waals surface area contributed by atoms with Crippen molar-refractivity contribution in [3.63, 3.8) is 0 Å². The van der Waals surface area contributed by atoms with Crippen molar-refractivity contribution in [2.75, 3.05) is 0 Å². The van der Waals surface area contributed by atoms with Crippen LogP contribution in [0, 0.1) is 0 Å². The first kappa shape index (κ1) is 10.5. The van der Waals surface area contributed by atoms with Gasteiger partial charge in [0, 0.05) is 18.0 Å². The smallest absolute Gasteiger partial charge is 0.372 e. The lowest BCUT2D eigenvalue weighted by Gasteiger charge is -1.96. The molecule has 3 aromatic rings. The van der Waals surface area contributed by atoms with Crippen LogP contribution in [0.5, 0.6) is 0 Å². The molecule has 5 nitrogen and oxygen atoms in total. The van der Waals surface area contributed by atoms with E-state index in [1.54, 1.807) is 18.5 Å². The highest BCUT2D eigenvalue weighted by Crippen LogP contribution is 2.22. The molecule has 0 aliphatic carbocycles. The minimum Gasteiger partial charge on any atom is -0.475 e. The zero-order chi connectivity index (χ0) is 12.5. The van der Waals surface area contributed by atoms with E-state index in [0.717, 1.165) is 5.56 Å². The Balaban J connectivity index is 2.34. The van der Waals surface area contributed by atoms with Gasteiger partial charge in [-0.3, -0.25) is 4.40 Å². The van der Waals surface area contributed by atoms with Gasteiger partial charge >= 0.3 is 5.97 Å². The molecule has 0 fully saturated rings. The predicted octanol–water partition coefficient (Wildman–Crippen LogP) is 2.09. The van der Waals surface area contributed by atoms with Gasteiger partial charge in [-0.2, -0.15) is 0 Å². The third kappa shape index (κ3) is 1.53. The second-order valence-electron chi connectivity index (χ2n) is 3.77. The third-order valence-electron chi connectivity index (χ3n) is 2.64. The summed E-state index contributed by atoms with van der Waals surface area (Å²) in [6, 6.07) is 11.1. The quantitative estimate of drug-likeness (QED) is 0.743. The number of benzene rings is 1. The monoisotopic (exact) mass is 239 g/mol. The predicted molar refractivity (Wildman–Crippen MR) is 65.4 cm³/mol. The zero-order valence-electron chi connectivity index (χ0n) is 9.32. The molecule has 18 heavy (non-hydrogen) atoms. The maximum Gasteiger partial charge on any atom is 0.372 e. The molecule has 1 aromatic carbocycles. The molecule has 0 unspecified atom stereocenters. The first-order chi connectivity index (χ1) is 8.77. The summed E-state index contributed by atoms with van der Waals surface area (Å²) in [6.45, 7) is 0. The number of carboxylic acid groups (broad SMARTS) is 1. The highest BCUT2D eigenvalue weighted by atomic mass is 16.4. The molecular weight excluding hydrogens is 230 g/mol. The molecule has 2 heterocycles. The van der Waals surface area contributed by atoms with Gasteiger partial charge < -0.3 is 5.11 Å². The maximum absolute atomic E-state index is 11.1. The number of hydrogen-bond donors (Lipinski definition) is 1. The molecular formula is C13H9N3O2. The fraction of sp³-hybridized carbons (Fsp3) is 0. The lowest BCUT2D eigenvalue weighted by Crippen LogP contribution is -2.03. The maximum atomic E-state index is 11.1. The van der Waals surface area contributed by atoms with E-state index in [9.17, 15) is 4.79 Å². The molecule has 0 atom stereocenters. The van der Waals surface area contributed by atoms with Gasteiger partial charge in [0.2, 0.25) is 5.82 Å². The SMILES string of the molecule is O=C(O)c1nc(-c2ccccc2)c2ncccn12. The Morgan fingerprint density at radius 3 is 2.67 bits per heavy atom. The van der Waals surface area contributed by atoms with E-state index in [1.807, 2.05) is 30.3 Å². The molecule has 88 valence electrons. The van der Waals surface area contributed by atoms with E-state index < -0.39 is 5.97 Å². The van der Waals surface area contributed by atoms with Crippen LogP contribution in [0.15, 0.2) is 48.8 Å². The van der Waals surface area contributed by atoms with E-state index in [-0.39, 0.29) is 5.82 Å². The number of imidazole rings is 1. The zero-order valence-corrected chi connectivity index (χ0v) is 9.32. The van der Waals surface area contributed by atoms with Crippen molar-refractivity contribution in [3.8, 4) is 11.3 Å². The van der Waals surface area contributed by atoms with Crippen LogP contribution in [0.1, 0.15) is 10.6 Å². The van der Waals surface area contributed by atoms with Crippen LogP contribution in [-0.4, -0.2) is 25.4 Å². The molecule has 0 saturated heterocycles. The van der Waals surface area contributed by atoms with Crippen molar-refractivity contribution in [3.05, 3.63) is 54.6 Å².